The van der Waals surface area contributed by atoms with Gasteiger partial charge in [-0.25, -0.2) is 4.98 Å². The number of rotatable bonds is 4. The number of fused-ring (bicyclic) bond motifs is 4. The molecule has 8 heteroatoms. The first-order chi connectivity index (χ1) is 17.6. The number of hydrogen-bond donors (Lipinski definition) is 2. The third-order valence-corrected chi connectivity index (χ3v) is 6.93. The van der Waals surface area contributed by atoms with Gasteiger partial charge >= 0.3 is 0 Å². The summed E-state index contributed by atoms with van der Waals surface area (Å²) in [6.07, 6.45) is 3.41. The van der Waals surface area contributed by atoms with Crippen LogP contribution in [0.25, 0.3) is 11.0 Å². The number of nitrogens with one attached hydrogen (secondary N) is 2. The summed E-state index contributed by atoms with van der Waals surface area (Å²) >= 11 is 0. The van der Waals surface area contributed by atoms with Gasteiger partial charge in [0.05, 0.1) is 18.6 Å². The second kappa shape index (κ2) is 9.11. The maximum absolute atomic E-state index is 13.2. The van der Waals surface area contributed by atoms with Gasteiger partial charge in [-0.2, -0.15) is 4.98 Å². The van der Waals surface area contributed by atoms with Gasteiger partial charge in [0, 0.05) is 31.1 Å². The van der Waals surface area contributed by atoms with E-state index in [4.69, 9.17) is 9.47 Å². The molecule has 3 heterocycles. The summed E-state index contributed by atoms with van der Waals surface area (Å²) in [6, 6.07) is 13.9. The molecule has 0 saturated carbocycles. The fourth-order valence-corrected chi connectivity index (χ4v) is 5.12. The molecular formula is C28H26N4O4. The smallest absolute Gasteiger partial charge is 0.262 e. The van der Waals surface area contributed by atoms with Gasteiger partial charge in [-0.1, -0.05) is 30.3 Å². The highest BCUT2D eigenvalue weighted by Gasteiger charge is 2.30. The van der Waals surface area contributed by atoms with Crippen LogP contribution in [0.15, 0.2) is 53.5 Å². The summed E-state index contributed by atoms with van der Waals surface area (Å²) in [5.41, 5.74) is 4.53. The van der Waals surface area contributed by atoms with Gasteiger partial charge < -0.3 is 14.8 Å². The van der Waals surface area contributed by atoms with Gasteiger partial charge in [-0.05, 0) is 53.6 Å². The average Bonchev–Trinajstić information content (AvgIpc) is 3.12. The lowest BCUT2D eigenvalue weighted by atomic mass is 9.78. The molecule has 182 valence electrons. The molecule has 2 aromatic heterocycles. The number of aryl methyl sites for hydroxylation is 1. The number of pyridine rings is 1. The van der Waals surface area contributed by atoms with E-state index < -0.39 is 0 Å². The minimum absolute atomic E-state index is 0.00918. The number of Topliss-reactive ketones (excluding diaryl/α,β-unsaturated/α-hetero) is 1. The van der Waals surface area contributed by atoms with Crippen molar-refractivity contribution in [3.8, 4) is 11.5 Å². The molecule has 0 fully saturated rings. The fraction of sp³-hybridized carbons (Fsp3) is 0.286. The highest BCUT2D eigenvalue weighted by atomic mass is 16.5. The van der Waals surface area contributed by atoms with Crippen LogP contribution in [0.1, 0.15) is 51.4 Å². The molecule has 0 spiro atoms. The van der Waals surface area contributed by atoms with Crippen LogP contribution in [0.5, 0.6) is 11.5 Å². The summed E-state index contributed by atoms with van der Waals surface area (Å²) in [5, 5.41) is 3.57. The topological polar surface area (TPSA) is 106 Å². The van der Waals surface area contributed by atoms with Crippen LogP contribution in [0.4, 0.5) is 5.95 Å². The van der Waals surface area contributed by atoms with Crippen molar-refractivity contribution in [2.75, 3.05) is 18.5 Å². The molecule has 2 N–H and O–H groups in total. The highest BCUT2D eigenvalue weighted by Crippen LogP contribution is 2.36. The number of carbonyl (C=O) groups is 1. The number of hydrogen-bond acceptors (Lipinski definition) is 7. The van der Waals surface area contributed by atoms with Crippen molar-refractivity contribution < 1.29 is 14.3 Å². The Labute approximate surface area is 207 Å². The Hall–Kier alpha value is -4.20. The van der Waals surface area contributed by atoms with E-state index in [1.165, 1.54) is 0 Å². The highest BCUT2D eigenvalue weighted by molar-refractivity contribution is 6.02. The standard InChI is InChI=1S/C28H26N4O4/c1-16-5-2-3-6-19(16)18-12-20-21(22(33)13-18)15-29-26-25(20)27(34)32-28(31-26)30-14-17-7-8-23-24(11-17)36-10-4-9-35-23/h2-3,5-8,11,15,18H,4,9-10,12-14H2,1H3,(H2,29,30,31,32,34). The normalized spacial score (nSPS) is 16.9. The first-order valence-corrected chi connectivity index (χ1v) is 12.2. The largest absolute Gasteiger partial charge is 0.490 e. The van der Waals surface area contributed by atoms with Crippen molar-refractivity contribution in [2.45, 2.75) is 38.6 Å². The van der Waals surface area contributed by atoms with Gasteiger partial charge in [0.25, 0.3) is 5.56 Å². The Bertz CT molecular complexity index is 1540. The number of ether oxygens (including phenoxy) is 2. The van der Waals surface area contributed by atoms with E-state index in [0.29, 0.717) is 60.9 Å². The van der Waals surface area contributed by atoms with Crippen molar-refractivity contribution >= 4 is 22.8 Å². The van der Waals surface area contributed by atoms with Crippen LogP contribution >= 0.6 is 0 Å². The Kier molecular flexibility index (Phi) is 5.64. The molecule has 6 rings (SSSR count). The van der Waals surface area contributed by atoms with Crippen LogP contribution in [0, 0.1) is 6.92 Å². The number of H-pyrrole nitrogens is 1. The minimum atomic E-state index is -0.302. The molecule has 36 heavy (non-hydrogen) atoms. The number of aromatic amines is 1. The van der Waals surface area contributed by atoms with Gasteiger partial charge in [-0.15, -0.1) is 0 Å². The molecule has 2 aromatic carbocycles. The van der Waals surface area contributed by atoms with Crippen molar-refractivity contribution in [3.05, 3.63) is 86.8 Å². The lowest BCUT2D eigenvalue weighted by Gasteiger charge is -2.25. The zero-order valence-electron chi connectivity index (χ0n) is 20.0. The van der Waals surface area contributed by atoms with E-state index in [9.17, 15) is 9.59 Å². The summed E-state index contributed by atoms with van der Waals surface area (Å²) < 4.78 is 11.5. The van der Waals surface area contributed by atoms with E-state index in [1.807, 2.05) is 30.3 Å². The zero-order valence-corrected chi connectivity index (χ0v) is 20.0. The molecule has 1 atom stereocenters. The number of ketones is 1. The van der Waals surface area contributed by atoms with E-state index in [0.717, 1.165) is 34.4 Å². The van der Waals surface area contributed by atoms with Gasteiger partial charge in [0.15, 0.2) is 22.9 Å². The SMILES string of the molecule is Cc1ccccc1C1CC(=O)c2cnc3nc(NCc4ccc5c(c4)OCCCO5)[nH]c(=O)c3c2C1. The number of nitrogens with zero attached hydrogens (tertiary/aromatic N) is 2. The molecule has 0 amide bonds. The summed E-state index contributed by atoms with van der Waals surface area (Å²) in [4.78, 5) is 38.0. The Morgan fingerprint density at radius 3 is 2.75 bits per heavy atom. The van der Waals surface area contributed by atoms with E-state index in [-0.39, 0.29) is 17.3 Å². The molecule has 1 aliphatic carbocycles. The Balaban J connectivity index is 1.29. The predicted molar refractivity (Wildman–Crippen MR) is 136 cm³/mol. The molecule has 1 aliphatic heterocycles. The second-order valence-electron chi connectivity index (χ2n) is 9.33. The average molecular weight is 483 g/mol. The maximum atomic E-state index is 13.2. The molecule has 4 aromatic rings. The van der Waals surface area contributed by atoms with Crippen LogP contribution < -0.4 is 20.3 Å². The number of carbonyl (C=O) groups excluding carboxylic acids is 1. The summed E-state index contributed by atoms with van der Waals surface area (Å²) in [6.45, 7) is 3.74. The molecule has 0 bridgehead atoms. The van der Waals surface area contributed by atoms with Crippen LogP contribution in [-0.4, -0.2) is 33.9 Å². The molecule has 0 saturated heterocycles. The molecule has 0 radical (unpaired) electrons. The number of anilines is 1. The minimum Gasteiger partial charge on any atom is -0.490 e. The van der Waals surface area contributed by atoms with Crippen molar-refractivity contribution in [1.29, 1.82) is 0 Å². The van der Waals surface area contributed by atoms with E-state index >= 15 is 0 Å². The van der Waals surface area contributed by atoms with Crippen molar-refractivity contribution in [3.63, 3.8) is 0 Å². The van der Waals surface area contributed by atoms with Gasteiger partial charge in [0.2, 0.25) is 5.95 Å². The first-order valence-electron chi connectivity index (χ1n) is 12.2. The van der Waals surface area contributed by atoms with Crippen LogP contribution in [-0.2, 0) is 13.0 Å². The van der Waals surface area contributed by atoms with Crippen LogP contribution in [0.2, 0.25) is 0 Å². The number of aromatic nitrogens is 3. The van der Waals surface area contributed by atoms with Crippen molar-refractivity contribution in [1.82, 2.24) is 15.0 Å². The number of benzene rings is 2. The van der Waals surface area contributed by atoms with Crippen LogP contribution in [0.3, 0.4) is 0 Å². The molecule has 1 unspecified atom stereocenters. The van der Waals surface area contributed by atoms with E-state index in [1.54, 1.807) is 6.20 Å². The van der Waals surface area contributed by atoms with E-state index in [2.05, 4.69) is 39.3 Å². The summed E-state index contributed by atoms with van der Waals surface area (Å²) in [5.74, 6) is 1.81. The third kappa shape index (κ3) is 4.08. The maximum Gasteiger partial charge on any atom is 0.262 e. The lowest BCUT2D eigenvalue weighted by molar-refractivity contribution is 0.0964. The monoisotopic (exact) mass is 482 g/mol. The van der Waals surface area contributed by atoms with Gasteiger partial charge in [-0.3, -0.25) is 14.6 Å². The fourth-order valence-electron chi connectivity index (χ4n) is 5.12. The molecule has 8 nitrogen and oxygen atoms in total. The quantitative estimate of drug-likeness (QED) is 0.446. The molecule has 2 aliphatic rings. The lowest BCUT2D eigenvalue weighted by Crippen LogP contribution is -2.23. The first kappa shape index (κ1) is 22.3. The van der Waals surface area contributed by atoms with Crippen molar-refractivity contribution in [2.24, 2.45) is 0 Å². The second-order valence-corrected chi connectivity index (χ2v) is 9.33. The van der Waals surface area contributed by atoms with Gasteiger partial charge in [0.1, 0.15) is 0 Å². The predicted octanol–water partition coefficient (Wildman–Crippen LogP) is 4.31. The Morgan fingerprint density at radius 2 is 1.89 bits per heavy atom. The zero-order chi connectivity index (χ0) is 24.6. The molecular weight excluding hydrogens is 456 g/mol. The summed E-state index contributed by atoms with van der Waals surface area (Å²) in [7, 11) is 0. The Morgan fingerprint density at radius 1 is 1.06 bits per heavy atom. The third-order valence-electron chi connectivity index (χ3n) is 6.93.